The first-order chi connectivity index (χ1) is 10.6. The van der Waals surface area contributed by atoms with Gasteiger partial charge >= 0.3 is 0 Å². The van der Waals surface area contributed by atoms with Gasteiger partial charge in [0, 0.05) is 24.8 Å². The van der Waals surface area contributed by atoms with Gasteiger partial charge in [-0.1, -0.05) is 44.2 Å². The standard InChI is InChI=1S/C19H24N2O/c1-19(2)16(15-7-5-4-6-8-15)12-17(19)21-13-14-9-10-20-18(11-14)22-3/h4-11,16-17,21H,12-13H2,1-3H3/t16-,17+/m1/s1. The Morgan fingerprint density at radius 3 is 2.68 bits per heavy atom. The number of nitrogens with one attached hydrogen (secondary N) is 1. The van der Waals surface area contributed by atoms with Gasteiger partial charge in [-0.3, -0.25) is 0 Å². The molecular formula is C19H24N2O. The fraction of sp³-hybridized carbons (Fsp3) is 0.421. The topological polar surface area (TPSA) is 34.1 Å². The molecule has 3 heteroatoms. The molecule has 1 fully saturated rings. The van der Waals surface area contributed by atoms with Crippen molar-refractivity contribution in [2.75, 3.05) is 7.11 Å². The fourth-order valence-electron chi connectivity index (χ4n) is 3.44. The first-order valence-corrected chi connectivity index (χ1v) is 7.88. The molecule has 0 amide bonds. The lowest BCUT2D eigenvalue weighted by Gasteiger charge is -2.53. The lowest BCUT2D eigenvalue weighted by Crippen LogP contribution is -2.55. The van der Waals surface area contributed by atoms with E-state index in [1.54, 1.807) is 13.3 Å². The van der Waals surface area contributed by atoms with E-state index >= 15 is 0 Å². The average Bonchev–Trinajstić information content (AvgIpc) is 2.55. The highest BCUT2D eigenvalue weighted by molar-refractivity contribution is 5.27. The molecule has 1 saturated carbocycles. The predicted molar refractivity (Wildman–Crippen MR) is 89.0 cm³/mol. The second-order valence-corrected chi connectivity index (χ2v) is 6.66. The number of hydrogen-bond donors (Lipinski definition) is 1. The fourth-order valence-corrected chi connectivity index (χ4v) is 3.44. The second-order valence-electron chi connectivity index (χ2n) is 6.66. The van der Waals surface area contributed by atoms with Crippen molar-refractivity contribution in [1.29, 1.82) is 0 Å². The van der Waals surface area contributed by atoms with Crippen molar-refractivity contribution in [2.24, 2.45) is 5.41 Å². The van der Waals surface area contributed by atoms with E-state index in [-0.39, 0.29) is 5.41 Å². The number of methoxy groups -OCH3 is 1. The van der Waals surface area contributed by atoms with E-state index in [9.17, 15) is 0 Å². The molecule has 0 radical (unpaired) electrons. The summed E-state index contributed by atoms with van der Waals surface area (Å²) in [4.78, 5) is 4.15. The molecular weight excluding hydrogens is 272 g/mol. The van der Waals surface area contributed by atoms with Crippen molar-refractivity contribution in [1.82, 2.24) is 10.3 Å². The SMILES string of the molecule is COc1cc(CN[C@H]2C[C@H](c3ccccc3)C2(C)C)ccn1. The molecule has 1 heterocycles. The zero-order valence-corrected chi connectivity index (χ0v) is 13.5. The van der Waals surface area contributed by atoms with E-state index in [0.717, 1.165) is 6.54 Å². The van der Waals surface area contributed by atoms with Crippen molar-refractivity contribution >= 4 is 0 Å². The van der Waals surface area contributed by atoms with Gasteiger partial charge in [-0.2, -0.15) is 0 Å². The molecule has 22 heavy (non-hydrogen) atoms. The van der Waals surface area contributed by atoms with Crippen LogP contribution >= 0.6 is 0 Å². The molecule has 0 unspecified atom stereocenters. The molecule has 0 bridgehead atoms. The lowest BCUT2D eigenvalue weighted by molar-refractivity contribution is 0.0678. The molecule has 116 valence electrons. The quantitative estimate of drug-likeness (QED) is 0.912. The minimum atomic E-state index is 0.276. The van der Waals surface area contributed by atoms with Gasteiger partial charge < -0.3 is 10.1 Å². The zero-order valence-electron chi connectivity index (χ0n) is 13.5. The molecule has 3 nitrogen and oxygen atoms in total. The van der Waals surface area contributed by atoms with Crippen LogP contribution in [0.2, 0.25) is 0 Å². The van der Waals surface area contributed by atoms with Gasteiger partial charge in [-0.25, -0.2) is 4.98 Å². The third-order valence-electron chi connectivity index (χ3n) is 5.03. The second kappa shape index (κ2) is 6.09. The summed E-state index contributed by atoms with van der Waals surface area (Å²) in [6.45, 7) is 5.58. The van der Waals surface area contributed by atoms with Gasteiger partial charge in [0.2, 0.25) is 5.88 Å². The number of aromatic nitrogens is 1. The van der Waals surface area contributed by atoms with Crippen molar-refractivity contribution in [3.05, 3.63) is 59.8 Å². The Kier molecular flexibility index (Phi) is 4.16. The van der Waals surface area contributed by atoms with Crippen LogP contribution in [0.25, 0.3) is 0 Å². The number of ether oxygens (including phenoxy) is 1. The van der Waals surface area contributed by atoms with E-state index in [1.165, 1.54) is 17.5 Å². The molecule has 1 aliphatic rings. The molecule has 0 saturated heterocycles. The Hall–Kier alpha value is -1.87. The summed E-state index contributed by atoms with van der Waals surface area (Å²) in [6.07, 6.45) is 2.99. The summed E-state index contributed by atoms with van der Waals surface area (Å²) in [5, 5.41) is 3.69. The highest BCUT2D eigenvalue weighted by Crippen LogP contribution is 2.52. The van der Waals surface area contributed by atoms with Crippen LogP contribution in [0.5, 0.6) is 5.88 Å². The van der Waals surface area contributed by atoms with Crippen molar-refractivity contribution < 1.29 is 4.74 Å². The maximum atomic E-state index is 5.18. The van der Waals surface area contributed by atoms with E-state index in [2.05, 4.69) is 54.5 Å². The number of nitrogens with zero attached hydrogens (tertiary/aromatic N) is 1. The molecule has 2 aromatic rings. The number of benzene rings is 1. The Morgan fingerprint density at radius 2 is 2.00 bits per heavy atom. The van der Waals surface area contributed by atoms with Gasteiger partial charge in [-0.05, 0) is 34.9 Å². The van der Waals surface area contributed by atoms with Crippen LogP contribution in [-0.2, 0) is 6.54 Å². The summed E-state index contributed by atoms with van der Waals surface area (Å²) in [5.41, 5.74) is 2.94. The van der Waals surface area contributed by atoms with E-state index in [0.29, 0.717) is 17.8 Å². The maximum absolute atomic E-state index is 5.18. The Bertz CT molecular complexity index is 624. The smallest absolute Gasteiger partial charge is 0.213 e. The minimum Gasteiger partial charge on any atom is -0.481 e. The van der Waals surface area contributed by atoms with Crippen molar-refractivity contribution in [3.63, 3.8) is 0 Å². The van der Waals surface area contributed by atoms with Crippen LogP contribution in [0.3, 0.4) is 0 Å². The zero-order chi connectivity index (χ0) is 15.6. The van der Waals surface area contributed by atoms with Crippen LogP contribution in [0.4, 0.5) is 0 Å². The van der Waals surface area contributed by atoms with Gasteiger partial charge in [-0.15, -0.1) is 0 Å². The molecule has 1 aromatic heterocycles. The maximum Gasteiger partial charge on any atom is 0.213 e. The molecule has 3 rings (SSSR count). The molecule has 0 aliphatic heterocycles. The van der Waals surface area contributed by atoms with E-state index < -0.39 is 0 Å². The van der Waals surface area contributed by atoms with Crippen molar-refractivity contribution in [3.8, 4) is 5.88 Å². The Morgan fingerprint density at radius 1 is 1.23 bits per heavy atom. The van der Waals surface area contributed by atoms with Gasteiger partial charge in [0.15, 0.2) is 0 Å². The van der Waals surface area contributed by atoms with Crippen LogP contribution in [0.15, 0.2) is 48.7 Å². The van der Waals surface area contributed by atoms with E-state index in [1.807, 2.05) is 12.1 Å². The number of rotatable bonds is 5. The molecule has 2 atom stereocenters. The summed E-state index contributed by atoms with van der Waals surface area (Å²) < 4.78 is 5.18. The first-order valence-electron chi connectivity index (χ1n) is 7.88. The largest absolute Gasteiger partial charge is 0.481 e. The Balaban J connectivity index is 1.61. The molecule has 1 aromatic carbocycles. The molecule has 1 N–H and O–H groups in total. The van der Waals surface area contributed by atoms with Crippen LogP contribution in [0, 0.1) is 5.41 Å². The lowest BCUT2D eigenvalue weighted by atomic mass is 9.56. The van der Waals surface area contributed by atoms with E-state index in [4.69, 9.17) is 4.74 Å². The first kappa shape index (κ1) is 15.0. The van der Waals surface area contributed by atoms with Gasteiger partial charge in [0.1, 0.15) is 0 Å². The van der Waals surface area contributed by atoms with Gasteiger partial charge in [0.25, 0.3) is 0 Å². The highest BCUT2D eigenvalue weighted by atomic mass is 16.5. The normalized spacial score (nSPS) is 22.9. The monoisotopic (exact) mass is 296 g/mol. The summed E-state index contributed by atoms with van der Waals surface area (Å²) >= 11 is 0. The predicted octanol–water partition coefficient (Wildman–Crippen LogP) is 3.76. The summed E-state index contributed by atoms with van der Waals surface area (Å²) in [5.74, 6) is 1.31. The van der Waals surface area contributed by atoms with Crippen LogP contribution in [-0.4, -0.2) is 18.1 Å². The van der Waals surface area contributed by atoms with Crippen LogP contribution < -0.4 is 10.1 Å². The Labute approximate surface area is 132 Å². The van der Waals surface area contributed by atoms with Gasteiger partial charge in [0.05, 0.1) is 7.11 Å². The summed E-state index contributed by atoms with van der Waals surface area (Å²) in [7, 11) is 1.65. The molecule has 0 spiro atoms. The summed E-state index contributed by atoms with van der Waals surface area (Å²) in [6, 6.07) is 15.4. The highest BCUT2D eigenvalue weighted by Gasteiger charge is 2.48. The number of hydrogen-bond acceptors (Lipinski definition) is 3. The number of pyridine rings is 1. The third kappa shape index (κ3) is 2.86. The minimum absolute atomic E-state index is 0.276. The average molecular weight is 296 g/mol. The third-order valence-corrected chi connectivity index (χ3v) is 5.03. The van der Waals surface area contributed by atoms with Crippen LogP contribution in [0.1, 0.15) is 37.3 Å². The van der Waals surface area contributed by atoms with Crippen molar-refractivity contribution in [2.45, 2.75) is 38.8 Å². The molecule has 1 aliphatic carbocycles.